The number of hydrogen-bond donors (Lipinski definition) is 2. The molecule has 2 aromatic heterocycles. The maximum absolute atomic E-state index is 12.3. The molecule has 2 amide bonds. The summed E-state index contributed by atoms with van der Waals surface area (Å²) in [5, 5.41) is 0. The van der Waals surface area contributed by atoms with E-state index in [1.807, 2.05) is 4.90 Å². The Balaban J connectivity index is 1.54. The summed E-state index contributed by atoms with van der Waals surface area (Å²) in [4.78, 5) is 38.5. The number of carbonyl (C=O) groups excluding carboxylic acids is 2. The Kier molecular flexibility index (Phi) is 4.95. The van der Waals surface area contributed by atoms with Crippen LogP contribution in [0.1, 0.15) is 23.2 Å². The first-order chi connectivity index (χ1) is 11.7. The molecule has 2 aromatic rings. The molecule has 3 heterocycles. The van der Waals surface area contributed by atoms with Crippen molar-refractivity contribution < 1.29 is 9.59 Å². The van der Waals surface area contributed by atoms with Crippen LogP contribution in [0.5, 0.6) is 0 Å². The van der Waals surface area contributed by atoms with E-state index in [1.165, 1.54) is 6.20 Å². The largest absolute Gasteiger partial charge is 0.340 e. The third-order valence-electron chi connectivity index (χ3n) is 3.85. The van der Waals surface area contributed by atoms with Crippen LogP contribution >= 0.6 is 0 Å². The van der Waals surface area contributed by atoms with Crippen molar-refractivity contribution in [3.05, 3.63) is 48.5 Å². The lowest BCUT2D eigenvalue weighted by atomic mass is 9.98. The fraction of sp³-hybridized carbons (Fsp3) is 0.312. The van der Waals surface area contributed by atoms with Crippen molar-refractivity contribution in [2.75, 3.05) is 18.0 Å². The van der Waals surface area contributed by atoms with Crippen LogP contribution in [-0.2, 0) is 4.79 Å². The van der Waals surface area contributed by atoms with E-state index in [9.17, 15) is 9.59 Å². The number of piperidine rings is 1. The second kappa shape index (κ2) is 7.49. The maximum atomic E-state index is 12.3. The molecule has 0 bridgehead atoms. The fourth-order valence-electron chi connectivity index (χ4n) is 2.62. The van der Waals surface area contributed by atoms with E-state index in [2.05, 4.69) is 25.8 Å². The smallest absolute Gasteiger partial charge is 0.271 e. The lowest BCUT2D eigenvalue weighted by Crippen LogP contribution is -2.49. The molecule has 0 radical (unpaired) electrons. The monoisotopic (exact) mass is 326 g/mol. The summed E-state index contributed by atoms with van der Waals surface area (Å²) < 4.78 is 0. The standard InChI is InChI=1S/C16H18N6O2/c23-14(12-4-1-6-17-10-12)20-21-15(24)13-5-2-9-22(11-13)16-18-7-3-8-19-16/h1,3-4,6-8,10,13H,2,5,9,11H2,(H,20,23)(H,21,24). The van der Waals surface area contributed by atoms with Crippen LogP contribution in [0.15, 0.2) is 43.0 Å². The number of hydrazine groups is 1. The highest BCUT2D eigenvalue weighted by molar-refractivity contribution is 5.95. The molecule has 1 fully saturated rings. The van der Waals surface area contributed by atoms with Crippen molar-refractivity contribution in [1.82, 2.24) is 25.8 Å². The molecule has 1 saturated heterocycles. The normalized spacial score (nSPS) is 17.2. The molecule has 8 nitrogen and oxygen atoms in total. The molecule has 24 heavy (non-hydrogen) atoms. The molecule has 1 atom stereocenters. The average Bonchev–Trinajstić information content (AvgIpc) is 2.67. The fourth-order valence-corrected chi connectivity index (χ4v) is 2.62. The van der Waals surface area contributed by atoms with Gasteiger partial charge in [0.1, 0.15) is 0 Å². The van der Waals surface area contributed by atoms with Gasteiger partial charge in [0.25, 0.3) is 5.91 Å². The molecule has 1 aliphatic heterocycles. The molecular weight excluding hydrogens is 308 g/mol. The first-order valence-electron chi connectivity index (χ1n) is 7.76. The third kappa shape index (κ3) is 3.83. The number of hydrogen-bond acceptors (Lipinski definition) is 6. The zero-order valence-corrected chi connectivity index (χ0v) is 13.1. The number of carbonyl (C=O) groups is 2. The quantitative estimate of drug-likeness (QED) is 0.799. The van der Waals surface area contributed by atoms with Crippen molar-refractivity contribution in [3.63, 3.8) is 0 Å². The summed E-state index contributed by atoms with van der Waals surface area (Å²) in [5.74, 6) is -0.213. The topological polar surface area (TPSA) is 100 Å². The van der Waals surface area contributed by atoms with Gasteiger partial charge in [-0.15, -0.1) is 0 Å². The van der Waals surface area contributed by atoms with Gasteiger partial charge in [-0.25, -0.2) is 9.97 Å². The molecule has 1 unspecified atom stereocenters. The van der Waals surface area contributed by atoms with E-state index in [0.29, 0.717) is 18.1 Å². The molecule has 8 heteroatoms. The van der Waals surface area contributed by atoms with Crippen molar-refractivity contribution >= 4 is 17.8 Å². The van der Waals surface area contributed by atoms with Gasteiger partial charge in [-0.2, -0.15) is 0 Å². The molecule has 0 aromatic carbocycles. The van der Waals surface area contributed by atoms with Crippen LogP contribution in [0.25, 0.3) is 0 Å². The number of nitrogens with one attached hydrogen (secondary N) is 2. The Morgan fingerprint density at radius 2 is 1.96 bits per heavy atom. The van der Waals surface area contributed by atoms with E-state index >= 15 is 0 Å². The SMILES string of the molecule is O=C(NNC(=O)C1CCCN(c2ncccn2)C1)c1cccnc1. The Labute approximate surface area is 139 Å². The van der Waals surface area contributed by atoms with Crippen LogP contribution in [0.3, 0.4) is 0 Å². The Bertz CT molecular complexity index is 694. The lowest BCUT2D eigenvalue weighted by molar-refractivity contribution is -0.126. The molecule has 2 N–H and O–H groups in total. The van der Waals surface area contributed by atoms with Gasteiger partial charge in [-0.05, 0) is 31.0 Å². The van der Waals surface area contributed by atoms with Gasteiger partial charge >= 0.3 is 0 Å². The maximum Gasteiger partial charge on any atom is 0.271 e. The summed E-state index contributed by atoms with van der Waals surface area (Å²) in [6, 6.07) is 5.05. The average molecular weight is 326 g/mol. The van der Waals surface area contributed by atoms with Crippen LogP contribution in [-0.4, -0.2) is 39.9 Å². The molecule has 0 aliphatic carbocycles. The predicted octanol–water partition coefficient (Wildman–Crippen LogP) is 0.549. The van der Waals surface area contributed by atoms with Gasteiger partial charge in [-0.3, -0.25) is 25.4 Å². The number of nitrogens with zero attached hydrogens (tertiary/aromatic N) is 4. The zero-order chi connectivity index (χ0) is 16.8. The molecule has 0 spiro atoms. The summed E-state index contributed by atoms with van der Waals surface area (Å²) in [6.07, 6.45) is 8.01. The van der Waals surface area contributed by atoms with E-state index in [-0.39, 0.29) is 11.8 Å². The number of pyridine rings is 1. The van der Waals surface area contributed by atoms with Gasteiger partial charge in [0.15, 0.2) is 0 Å². The van der Waals surface area contributed by atoms with Crippen LogP contribution in [0.4, 0.5) is 5.95 Å². The van der Waals surface area contributed by atoms with Crippen LogP contribution < -0.4 is 15.8 Å². The van der Waals surface area contributed by atoms with E-state index in [4.69, 9.17) is 0 Å². The molecule has 124 valence electrons. The molecule has 0 saturated carbocycles. The second-order valence-corrected chi connectivity index (χ2v) is 5.52. The molecular formula is C16H18N6O2. The molecule has 3 rings (SSSR count). The van der Waals surface area contributed by atoms with E-state index in [1.54, 1.807) is 36.8 Å². The van der Waals surface area contributed by atoms with Gasteiger partial charge in [0.05, 0.1) is 11.5 Å². The highest BCUT2D eigenvalue weighted by atomic mass is 16.2. The number of anilines is 1. The third-order valence-corrected chi connectivity index (χ3v) is 3.85. The van der Waals surface area contributed by atoms with Gasteiger partial charge < -0.3 is 4.90 Å². The van der Waals surface area contributed by atoms with E-state index in [0.717, 1.165) is 19.4 Å². The minimum atomic E-state index is -0.393. The number of rotatable bonds is 3. The van der Waals surface area contributed by atoms with E-state index < -0.39 is 5.91 Å². The van der Waals surface area contributed by atoms with Gasteiger partial charge in [0.2, 0.25) is 11.9 Å². The molecule has 1 aliphatic rings. The summed E-state index contributed by atoms with van der Waals surface area (Å²) in [7, 11) is 0. The first-order valence-corrected chi connectivity index (χ1v) is 7.76. The predicted molar refractivity (Wildman–Crippen MR) is 86.8 cm³/mol. The van der Waals surface area contributed by atoms with Crippen molar-refractivity contribution in [1.29, 1.82) is 0 Å². The van der Waals surface area contributed by atoms with Crippen LogP contribution in [0.2, 0.25) is 0 Å². The van der Waals surface area contributed by atoms with Gasteiger partial charge in [-0.1, -0.05) is 0 Å². The summed E-state index contributed by atoms with van der Waals surface area (Å²) >= 11 is 0. The van der Waals surface area contributed by atoms with Crippen molar-refractivity contribution in [2.45, 2.75) is 12.8 Å². The lowest BCUT2D eigenvalue weighted by Gasteiger charge is -2.31. The Hall–Kier alpha value is -3.03. The minimum absolute atomic E-state index is 0.215. The summed E-state index contributed by atoms with van der Waals surface area (Å²) in [6.45, 7) is 1.34. The van der Waals surface area contributed by atoms with Gasteiger partial charge in [0, 0.05) is 37.9 Å². The minimum Gasteiger partial charge on any atom is -0.340 e. The number of aromatic nitrogens is 3. The number of amides is 2. The van der Waals surface area contributed by atoms with Crippen LogP contribution in [0, 0.1) is 5.92 Å². The second-order valence-electron chi connectivity index (χ2n) is 5.52. The highest BCUT2D eigenvalue weighted by Gasteiger charge is 2.27. The van der Waals surface area contributed by atoms with Crippen molar-refractivity contribution in [2.24, 2.45) is 5.92 Å². The summed E-state index contributed by atoms with van der Waals surface area (Å²) in [5.41, 5.74) is 5.30. The Morgan fingerprint density at radius 3 is 2.71 bits per heavy atom. The first kappa shape index (κ1) is 15.9. The van der Waals surface area contributed by atoms with Crippen molar-refractivity contribution in [3.8, 4) is 0 Å². The zero-order valence-electron chi connectivity index (χ0n) is 13.1. The highest BCUT2D eigenvalue weighted by Crippen LogP contribution is 2.19. The Morgan fingerprint density at radius 1 is 1.12 bits per heavy atom.